The lowest BCUT2D eigenvalue weighted by atomic mass is 9.85. The molecule has 5 unspecified atom stereocenters. The highest BCUT2D eigenvalue weighted by molar-refractivity contribution is 5.69. The number of carbonyl (C=O) groups excluding carboxylic acids is 2. The molecule has 0 amide bonds. The van der Waals surface area contributed by atoms with Crippen LogP contribution >= 0.6 is 0 Å². The van der Waals surface area contributed by atoms with Gasteiger partial charge in [-0.3, -0.25) is 9.59 Å². The van der Waals surface area contributed by atoms with Crippen molar-refractivity contribution in [2.45, 2.75) is 278 Å². The summed E-state index contributed by atoms with van der Waals surface area (Å²) in [6.07, 6.45) is 39.9. The number of nitrogens with zero attached hydrogens (tertiary/aromatic N) is 1. The Morgan fingerprint density at radius 1 is 0.576 bits per heavy atom. The largest absolute Gasteiger partial charge is 0.466 e. The van der Waals surface area contributed by atoms with Gasteiger partial charge in [0.1, 0.15) is 0 Å². The summed E-state index contributed by atoms with van der Waals surface area (Å²) in [7, 11) is 0. The molecule has 0 bridgehead atoms. The molecule has 346 valence electrons. The number of hydrogen-bond acceptors (Lipinski definition) is 7. The maximum Gasteiger partial charge on any atom is 0.305 e. The van der Waals surface area contributed by atoms with Gasteiger partial charge in [-0.1, -0.05) is 189 Å². The van der Waals surface area contributed by atoms with Crippen LogP contribution in [0.4, 0.5) is 0 Å². The van der Waals surface area contributed by atoms with Crippen LogP contribution in [0.25, 0.3) is 0 Å². The van der Waals surface area contributed by atoms with Crippen molar-refractivity contribution in [1.82, 2.24) is 0 Å². The second kappa shape index (κ2) is 39.2. The van der Waals surface area contributed by atoms with E-state index in [2.05, 4.69) is 40.7 Å². The van der Waals surface area contributed by atoms with E-state index in [9.17, 15) is 9.59 Å². The van der Waals surface area contributed by atoms with E-state index >= 15 is 0 Å². The highest BCUT2D eigenvalue weighted by atomic mass is 16.7. The van der Waals surface area contributed by atoms with Crippen molar-refractivity contribution in [3.8, 4) is 6.07 Å². The number of nitriles is 1. The van der Waals surface area contributed by atoms with Crippen LogP contribution < -0.4 is 0 Å². The first kappa shape index (κ1) is 55.4. The Balaban J connectivity index is 2.19. The van der Waals surface area contributed by atoms with E-state index < -0.39 is 5.79 Å². The Labute approximate surface area is 366 Å². The van der Waals surface area contributed by atoms with Gasteiger partial charge in [0.2, 0.25) is 0 Å². The second-order valence-electron chi connectivity index (χ2n) is 18.6. The molecule has 0 aromatic heterocycles. The predicted molar refractivity (Wildman–Crippen MR) is 246 cm³/mol. The van der Waals surface area contributed by atoms with Crippen LogP contribution in [0, 0.1) is 29.1 Å². The molecule has 0 aliphatic carbocycles. The topological polar surface area (TPSA) is 94.9 Å². The molecule has 1 rings (SSSR count). The van der Waals surface area contributed by atoms with Crippen molar-refractivity contribution < 1.29 is 28.5 Å². The Hall–Kier alpha value is -1.65. The summed E-state index contributed by atoms with van der Waals surface area (Å²) < 4.78 is 24.0. The van der Waals surface area contributed by atoms with Crippen LogP contribution in [0.3, 0.4) is 0 Å². The molecular formula is C52H97NO6. The average Bonchev–Trinajstić information content (AvgIpc) is 3.63. The molecular weight excluding hydrogens is 735 g/mol. The third-order valence-corrected chi connectivity index (χ3v) is 13.1. The SMILES string of the molecule is CCCCCCCCOC(=O)CCCCCCCCCC1(CCCCCCCCCC(=O)OCCC(CCCCC)CCCC(C)C(C)CCC)OCC(CCC#N)O1. The first-order chi connectivity index (χ1) is 28.8. The number of esters is 2. The van der Waals surface area contributed by atoms with Crippen LogP contribution in [0.5, 0.6) is 0 Å². The van der Waals surface area contributed by atoms with E-state index in [1.807, 2.05) is 0 Å². The van der Waals surface area contributed by atoms with Crippen molar-refractivity contribution >= 4 is 11.9 Å². The minimum Gasteiger partial charge on any atom is -0.466 e. The Morgan fingerprint density at radius 3 is 1.64 bits per heavy atom. The van der Waals surface area contributed by atoms with Crippen molar-refractivity contribution in [3.63, 3.8) is 0 Å². The Bertz CT molecular complexity index is 1010. The summed E-state index contributed by atoms with van der Waals surface area (Å²) >= 11 is 0. The normalized spacial score (nSPS) is 18.1. The highest BCUT2D eigenvalue weighted by Crippen LogP contribution is 2.36. The maximum absolute atomic E-state index is 12.5. The summed E-state index contributed by atoms with van der Waals surface area (Å²) in [6, 6.07) is 2.26. The fourth-order valence-corrected chi connectivity index (χ4v) is 8.89. The van der Waals surface area contributed by atoms with E-state index in [0.29, 0.717) is 45.0 Å². The molecule has 0 radical (unpaired) electrons. The molecule has 0 spiro atoms. The van der Waals surface area contributed by atoms with E-state index in [-0.39, 0.29) is 18.0 Å². The van der Waals surface area contributed by atoms with E-state index in [1.165, 1.54) is 135 Å². The number of unbranched alkanes of at least 4 members (excludes halogenated alkanes) is 19. The van der Waals surface area contributed by atoms with Gasteiger partial charge in [-0.2, -0.15) is 5.26 Å². The van der Waals surface area contributed by atoms with Gasteiger partial charge < -0.3 is 18.9 Å². The smallest absolute Gasteiger partial charge is 0.305 e. The molecule has 0 N–H and O–H groups in total. The number of rotatable bonds is 43. The third kappa shape index (κ3) is 31.8. The molecule has 7 nitrogen and oxygen atoms in total. The van der Waals surface area contributed by atoms with Crippen LogP contribution in [-0.2, 0) is 28.5 Å². The standard InChI is InChI=1S/C52H97NO6/c1-6-9-11-12-23-29-43-56-50(54)37-25-19-15-13-17-21-27-40-52(58-45-49(59-52)36-31-42-53)41-28-22-18-14-16-20-26-38-51(55)57-44-39-48(34-24-10-7-2)35-30-33-47(5)46(4)32-8-3/h46-49H,6-41,43-45H2,1-5H3. The molecule has 1 fully saturated rings. The van der Waals surface area contributed by atoms with Gasteiger partial charge in [0, 0.05) is 32.1 Å². The van der Waals surface area contributed by atoms with Gasteiger partial charge in [0.25, 0.3) is 0 Å². The van der Waals surface area contributed by atoms with Crippen LogP contribution in [0.15, 0.2) is 0 Å². The lowest BCUT2D eigenvalue weighted by Crippen LogP contribution is -2.31. The Kier molecular flexibility index (Phi) is 36.8. The van der Waals surface area contributed by atoms with E-state index in [0.717, 1.165) is 88.9 Å². The molecule has 5 atom stereocenters. The first-order valence-electron chi connectivity index (χ1n) is 25.8. The zero-order chi connectivity index (χ0) is 43.1. The zero-order valence-corrected chi connectivity index (χ0v) is 39.8. The molecule has 1 saturated heterocycles. The van der Waals surface area contributed by atoms with Crippen LogP contribution in [-0.4, -0.2) is 43.7 Å². The number of carbonyl (C=O) groups is 2. The van der Waals surface area contributed by atoms with Gasteiger partial charge in [0.05, 0.1) is 32.0 Å². The Morgan fingerprint density at radius 2 is 1.07 bits per heavy atom. The average molecular weight is 832 g/mol. The fraction of sp³-hybridized carbons (Fsp3) is 0.942. The third-order valence-electron chi connectivity index (χ3n) is 13.1. The zero-order valence-electron chi connectivity index (χ0n) is 39.8. The molecule has 0 aromatic carbocycles. The summed E-state index contributed by atoms with van der Waals surface area (Å²) in [6.45, 7) is 13.4. The van der Waals surface area contributed by atoms with Gasteiger partial charge in [0.15, 0.2) is 5.79 Å². The lowest BCUT2D eigenvalue weighted by Gasteiger charge is -2.28. The van der Waals surface area contributed by atoms with Crippen molar-refractivity contribution in [1.29, 1.82) is 5.26 Å². The first-order valence-corrected chi connectivity index (χ1v) is 25.8. The van der Waals surface area contributed by atoms with Crippen molar-refractivity contribution in [2.75, 3.05) is 19.8 Å². The second-order valence-corrected chi connectivity index (χ2v) is 18.6. The molecule has 1 heterocycles. The monoisotopic (exact) mass is 832 g/mol. The molecule has 7 heteroatoms. The predicted octanol–water partition coefficient (Wildman–Crippen LogP) is 15.7. The maximum atomic E-state index is 12.5. The molecule has 0 aromatic rings. The summed E-state index contributed by atoms with van der Waals surface area (Å²) in [5.74, 6) is 1.77. The quantitative estimate of drug-likeness (QED) is 0.0446. The molecule has 59 heavy (non-hydrogen) atoms. The van der Waals surface area contributed by atoms with Gasteiger partial charge >= 0.3 is 11.9 Å². The minimum absolute atomic E-state index is 0.0120. The fourth-order valence-electron chi connectivity index (χ4n) is 8.89. The van der Waals surface area contributed by atoms with Crippen LogP contribution in [0.2, 0.25) is 0 Å². The summed E-state index contributed by atoms with van der Waals surface area (Å²) in [4.78, 5) is 24.5. The minimum atomic E-state index is -0.489. The van der Waals surface area contributed by atoms with Gasteiger partial charge in [-0.15, -0.1) is 0 Å². The number of hydrogen-bond donors (Lipinski definition) is 0. The lowest BCUT2D eigenvalue weighted by molar-refractivity contribution is -0.179. The van der Waals surface area contributed by atoms with Crippen LogP contribution in [0.1, 0.15) is 266 Å². The summed E-state index contributed by atoms with van der Waals surface area (Å²) in [5, 5.41) is 9.09. The highest BCUT2D eigenvalue weighted by Gasteiger charge is 2.40. The van der Waals surface area contributed by atoms with Gasteiger partial charge in [-0.25, -0.2) is 0 Å². The summed E-state index contributed by atoms with van der Waals surface area (Å²) in [5.41, 5.74) is 0. The number of ether oxygens (including phenoxy) is 4. The van der Waals surface area contributed by atoms with E-state index in [1.54, 1.807) is 0 Å². The van der Waals surface area contributed by atoms with Crippen molar-refractivity contribution in [2.24, 2.45) is 17.8 Å². The molecule has 0 saturated carbocycles. The van der Waals surface area contributed by atoms with E-state index in [4.69, 9.17) is 24.2 Å². The molecule has 1 aliphatic heterocycles. The van der Waals surface area contributed by atoms with Gasteiger partial charge in [-0.05, 0) is 62.7 Å². The molecule has 1 aliphatic rings. The van der Waals surface area contributed by atoms with Crippen molar-refractivity contribution in [3.05, 3.63) is 0 Å².